The summed E-state index contributed by atoms with van der Waals surface area (Å²) in [5, 5.41) is 0. The van der Waals surface area contributed by atoms with E-state index in [4.69, 9.17) is 10.5 Å². The van der Waals surface area contributed by atoms with Crippen LogP contribution in [0.4, 0.5) is 0 Å². The summed E-state index contributed by atoms with van der Waals surface area (Å²) < 4.78 is 5.53. The molecule has 2 rings (SSSR count). The SMILES string of the molecule is NC1CCCCCC1C(=O)OCC1CCCCC1. The maximum absolute atomic E-state index is 12.1. The van der Waals surface area contributed by atoms with Crippen molar-refractivity contribution in [3.63, 3.8) is 0 Å². The third-order valence-corrected chi connectivity index (χ3v) is 4.56. The zero-order chi connectivity index (χ0) is 12.8. The fourth-order valence-corrected chi connectivity index (χ4v) is 3.29. The summed E-state index contributed by atoms with van der Waals surface area (Å²) in [5.41, 5.74) is 6.09. The van der Waals surface area contributed by atoms with Crippen LogP contribution in [0.5, 0.6) is 0 Å². The number of hydrogen-bond acceptors (Lipinski definition) is 3. The second kappa shape index (κ2) is 7.13. The van der Waals surface area contributed by atoms with E-state index in [2.05, 4.69) is 0 Å². The van der Waals surface area contributed by atoms with Crippen LogP contribution >= 0.6 is 0 Å². The second-order valence-electron chi connectivity index (χ2n) is 6.04. The summed E-state index contributed by atoms with van der Waals surface area (Å²) in [7, 11) is 0. The van der Waals surface area contributed by atoms with Crippen LogP contribution in [0.2, 0.25) is 0 Å². The van der Waals surface area contributed by atoms with E-state index in [1.54, 1.807) is 0 Å². The summed E-state index contributed by atoms with van der Waals surface area (Å²) in [4.78, 5) is 12.1. The minimum Gasteiger partial charge on any atom is -0.465 e. The van der Waals surface area contributed by atoms with E-state index in [9.17, 15) is 4.79 Å². The van der Waals surface area contributed by atoms with E-state index in [0.29, 0.717) is 12.5 Å². The molecule has 2 atom stereocenters. The number of esters is 1. The van der Waals surface area contributed by atoms with Crippen molar-refractivity contribution in [1.82, 2.24) is 0 Å². The average molecular weight is 253 g/mol. The Morgan fingerprint density at radius 2 is 1.56 bits per heavy atom. The van der Waals surface area contributed by atoms with Crippen LogP contribution in [-0.4, -0.2) is 18.6 Å². The normalized spacial score (nSPS) is 30.7. The van der Waals surface area contributed by atoms with Crippen LogP contribution in [0.25, 0.3) is 0 Å². The Bertz CT molecular complexity index is 261. The smallest absolute Gasteiger partial charge is 0.310 e. The Balaban J connectivity index is 1.75. The highest BCUT2D eigenvalue weighted by Gasteiger charge is 2.29. The molecule has 2 N–H and O–H groups in total. The monoisotopic (exact) mass is 253 g/mol. The molecule has 2 aliphatic rings. The third kappa shape index (κ3) is 3.98. The first-order valence-corrected chi connectivity index (χ1v) is 7.69. The predicted molar refractivity (Wildman–Crippen MR) is 72.1 cm³/mol. The second-order valence-corrected chi connectivity index (χ2v) is 6.04. The van der Waals surface area contributed by atoms with Gasteiger partial charge in [-0.2, -0.15) is 0 Å². The van der Waals surface area contributed by atoms with E-state index in [1.807, 2.05) is 0 Å². The lowest BCUT2D eigenvalue weighted by Gasteiger charge is -2.24. The van der Waals surface area contributed by atoms with Gasteiger partial charge in [-0.3, -0.25) is 4.79 Å². The van der Waals surface area contributed by atoms with Gasteiger partial charge in [-0.05, 0) is 31.6 Å². The van der Waals surface area contributed by atoms with Crippen LogP contribution in [0.15, 0.2) is 0 Å². The Labute approximate surface area is 110 Å². The van der Waals surface area contributed by atoms with Crippen LogP contribution in [0.1, 0.15) is 64.2 Å². The van der Waals surface area contributed by atoms with Crippen molar-refractivity contribution in [2.24, 2.45) is 17.6 Å². The molecule has 0 aromatic heterocycles. The number of hydrogen-bond donors (Lipinski definition) is 1. The maximum Gasteiger partial charge on any atom is 0.310 e. The van der Waals surface area contributed by atoms with E-state index in [1.165, 1.54) is 38.5 Å². The number of carbonyl (C=O) groups is 1. The lowest BCUT2D eigenvalue weighted by Crippen LogP contribution is -2.36. The fourth-order valence-electron chi connectivity index (χ4n) is 3.29. The molecular weight excluding hydrogens is 226 g/mol. The number of rotatable bonds is 3. The topological polar surface area (TPSA) is 52.3 Å². The van der Waals surface area contributed by atoms with Crippen molar-refractivity contribution in [2.45, 2.75) is 70.3 Å². The molecule has 0 aliphatic heterocycles. The van der Waals surface area contributed by atoms with Crippen molar-refractivity contribution < 1.29 is 9.53 Å². The van der Waals surface area contributed by atoms with Gasteiger partial charge < -0.3 is 10.5 Å². The minimum atomic E-state index is -0.0453. The fraction of sp³-hybridized carbons (Fsp3) is 0.933. The van der Waals surface area contributed by atoms with Crippen LogP contribution in [0.3, 0.4) is 0 Å². The molecule has 0 saturated heterocycles. The van der Waals surface area contributed by atoms with Gasteiger partial charge in [0.15, 0.2) is 0 Å². The lowest BCUT2D eigenvalue weighted by molar-refractivity contribution is -0.151. The largest absolute Gasteiger partial charge is 0.465 e. The molecule has 0 spiro atoms. The Kier molecular flexibility index (Phi) is 5.48. The molecule has 0 bridgehead atoms. The molecule has 3 nitrogen and oxygen atoms in total. The Morgan fingerprint density at radius 1 is 0.944 bits per heavy atom. The molecular formula is C15H27NO2. The average Bonchev–Trinajstić information content (AvgIpc) is 2.62. The van der Waals surface area contributed by atoms with Crippen LogP contribution in [0, 0.1) is 11.8 Å². The zero-order valence-electron chi connectivity index (χ0n) is 11.4. The molecule has 2 aliphatic carbocycles. The van der Waals surface area contributed by atoms with Crippen molar-refractivity contribution in [3.8, 4) is 0 Å². The highest BCUT2D eigenvalue weighted by molar-refractivity contribution is 5.73. The summed E-state index contributed by atoms with van der Waals surface area (Å²) in [6.07, 6.45) is 11.8. The molecule has 0 aromatic carbocycles. The first-order chi connectivity index (χ1) is 8.77. The van der Waals surface area contributed by atoms with Crippen molar-refractivity contribution in [1.29, 1.82) is 0 Å². The molecule has 18 heavy (non-hydrogen) atoms. The standard InChI is InChI=1S/C15H27NO2/c16-14-10-6-2-5-9-13(14)15(17)18-11-12-7-3-1-4-8-12/h12-14H,1-11,16H2. The maximum atomic E-state index is 12.1. The van der Waals surface area contributed by atoms with Crippen molar-refractivity contribution in [3.05, 3.63) is 0 Å². The number of ether oxygens (including phenoxy) is 1. The summed E-state index contributed by atoms with van der Waals surface area (Å²) in [5.74, 6) is 0.524. The van der Waals surface area contributed by atoms with Gasteiger partial charge in [0.1, 0.15) is 0 Å². The highest BCUT2D eigenvalue weighted by atomic mass is 16.5. The van der Waals surface area contributed by atoms with Gasteiger partial charge in [-0.1, -0.05) is 38.5 Å². The Morgan fingerprint density at radius 3 is 2.28 bits per heavy atom. The summed E-state index contributed by atoms with van der Waals surface area (Å²) in [6.45, 7) is 0.627. The molecule has 0 heterocycles. The van der Waals surface area contributed by atoms with Gasteiger partial charge >= 0.3 is 5.97 Å². The quantitative estimate of drug-likeness (QED) is 0.621. The predicted octanol–water partition coefficient (Wildman–Crippen LogP) is 3.02. The van der Waals surface area contributed by atoms with Crippen molar-refractivity contribution in [2.75, 3.05) is 6.61 Å². The van der Waals surface area contributed by atoms with E-state index >= 15 is 0 Å². The van der Waals surface area contributed by atoms with E-state index in [0.717, 1.165) is 25.7 Å². The summed E-state index contributed by atoms with van der Waals surface area (Å²) in [6, 6.07) is 0.0198. The van der Waals surface area contributed by atoms with Gasteiger partial charge in [0, 0.05) is 6.04 Å². The van der Waals surface area contributed by atoms with Crippen LogP contribution < -0.4 is 5.73 Å². The van der Waals surface area contributed by atoms with Gasteiger partial charge in [0.25, 0.3) is 0 Å². The summed E-state index contributed by atoms with van der Waals surface area (Å²) >= 11 is 0. The first-order valence-electron chi connectivity index (χ1n) is 7.69. The van der Waals surface area contributed by atoms with Gasteiger partial charge in [-0.25, -0.2) is 0 Å². The molecule has 2 saturated carbocycles. The first kappa shape index (κ1) is 13.9. The van der Waals surface area contributed by atoms with Gasteiger partial charge in [-0.15, -0.1) is 0 Å². The third-order valence-electron chi connectivity index (χ3n) is 4.56. The van der Waals surface area contributed by atoms with E-state index in [-0.39, 0.29) is 17.9 Å². The molecule has 104 valence electrons. The minimum absolute atomic E-state index is 0.0198. The van der Waals surface area contributed by atoms with E-state index < -0.39 is 0 Å². The molecule has 0 radical (unpaired) electrons. The molecule has 2 fully saturated rings. The van der Waals surface area contributed by atoms with Gasteiger partial charge in [0.05, 0.1) is 12.5 Å². The number of carbonyl (C=O) groups excluding carboxylic acids is 1. The molecule has 0 amide bonds. The van der Waals surface area contributed by atoms with Crippen LogP contribution in [-0.2, 0) is 9.53 Å². The van der Waals surface area contributed by atoms with Gasteiger partial charge in [0.2, 0.25) is 0 Å². The van der Waals surface area contributed by atoms with Crippen molar-refractivity contribution >= 4 is 5.97 Å². The highest BCUT2D eigenvalue weighted by Crippen LogP contribution is 2.26. The molecule has 2 unspecified atom stereocenters. The molecule has 0 aromatic rings. The lowest BCUT2D eigenvalue weighted by atomic mass is 9.90. The Hall–Kier alpha value is -0.570. The zero-order valence-corrected chi connectivity index (χ0v) is 11.4. The molecule has 3 heteroatoms. The number of nitrogens with two attached hydrogens (primary N) is 1.